The highest BCUT2D eigenvalue weighted by Crippen LogP contribution is 2.44. The third kappa shape index (κ3) is 5.24. The molecule has 178 valence electrons. The van der Waals surface area contributed by atoms with Gasteiger partial charge in [0, 0.05) is 12.5 Å². The Labute approximate surface area is 203 Å². The smallest absolute Gasteiger partial charge is 0.408 e. The van der Waals surface area contributed by atoms with Crippen molar-refractivity contribution in [2.45, 2.75) is 12.0 Å². The Morgan fingerprint density at radius 1 is 0.943 bits per heavy atom. The Morgan fingerprint density at radius 2 is 1.51 bits per heavy atom. The Balaban J connectivity index is 1.52. The molecule has 0 saturated carbocycles. The molecular weight excluding hydrogens is 444 g/mol. The maximum Gasteiger partial charge on any atom is 0.408 e. The number of carbonyl (C=O) groups excluding carboxylic acids is 2. The van der Waals surface area contributed by atoms with Crippen molar-refractivity contribution >= 4 is 18.0 Å². The van der Waals surface area contributed by atoms with E-state index >= 15 is 0 Å². The summed E-state index contributed by atoms with van der Waals surface area (Å²) in [5, 5.41) is 11.9. The van der Waals surface area contributed by atoms with Crippen molar-refractivity contribution in [1.29, 1.82) is 0 Å². The average Bonchev–Trinajstić information content (AvgIpc) is 3.19. The monoisotopic (exact) mass is 470 g/mol. The molecule has 1 aliphatic carbocycles. The Morgan fingerprint density at radius 3 is 2.09 bits per heavy atom. The molecule has 2 amide bonds. The Kier molecular flexibility index (Phi) is 7.26. The zero-order valence-electron chi connectivity index (χ0n) is 19.1. The maximum atomic E-state index is 13.2. The molecule has 4 rings (SSSR count). The number of amides is 2. The van der Waals surface area contributed by atoms with Crippen LogP contribution >= 0.6 is 0 Å². The highest BCUT2D eigenvalue weighted by atomic mass is 16.5. The molecule has 7 heteroatoms. The summed E-state index contributed by atoms with van der Waals surface area (Å²) < 4.78 is 5.61. The molecule has 0 aliphatic heterocycles. The van der Waals surface area contributed by atoms with Gasteiger partial charge in [0.05, 0.1) is 0 Å². The first-order valence-corrected chi connectivity index (χ1v) is 11.3. The van der Waals surface area contributed by atoms with Crippen molar-refractivity contribution in [3.63, 3.8) is 0 Å². The van der Waals surface area contributed by atoms with Crippen LogP contribution < -0.4 is 5.32 Å². The van der Waals surface area contributed by atoms with Gasteiger partial charge in [0.2, 0.25) is 0 Å². The number of benzene rings is 3. The molecule has 7 nitrogen and oxygen atoms in total. The van der Waals surface area contributed by atoms with Crippen LogP contribution in [0, 0.1) is 0 Å². The lowest BCUT2D eigenvalue weighted by Crippen LogP contribution is -2.45. The van der Waals surface area contributed by atoms with E-state index in [2.05, 4.69) is 24.0 Å². The normalized spacial score (nSPS) is 12.7. The van der Waals surface area contributed by atoms with Gasteiger partial charge in [-0.3, -0.25) is 9.59 Å². The zero-order chi connectivity index (χ0) is 24.8. The molecule has 0 unspecified atom stereocenters. The maximum absolute atomic E-state index is 13.2. The van der Waals surface area contributed by atoms with Gasteiger partial charge < -0.3 is 20.1 Å². The molecule has 1 atom stereocenters. The summed E-state index contributed by atoms with van der Waals surface area (Å²) in [4.78, 5) is 38.5. The third-order valence-electron chi connectivity index (χ3n) is 5.97. The number of carboxylic acid groups (broad SMARTS) is 1. The van der Waals surface area contributed by atoms with Gasteiger partial charge in [0.1, 0.15) is 19.2 Å². The number of hydrogen-bond acceptors (Lipinski definition) is 4. The minimum atomic E-state index is -1.16. The number of fused-ring (bicyclic) bond motifs is 3. The van der Waals surface area contributed by atoms with E-state index in [1.807, 2.05) is 36.4 Å². The van der Waals surface area contributed by atoms with Gasteiger partial charge in [0.15, 0.2) is 0 Å². The van der Waals surface area contributed by atoms with Crippen LogP contribution in [0.2, 0.25) is 0 Å². The van der Waals surface area contributed by atoms with E-state index in [0.29, 0.717) is 5.56 Å². The van der Waals surface area contributed by atoms with E-state index in [9.17, 15) is 19.5 Å². The summed E-state index contributed by atoms with van der Waals surface area (Å²) in [5.74, 6) is -1.84. The summed E-state index contributed by atoms with van der Waals surface area (Å²) in [6.07, 6.45) is 0.680. The molecule has 35 heavy (non-hydrogen) atoms. The first-order chi connectivity index (χ1) is 17.0. The highest BCUT2D eigenvalue weighted by Gasteiger charge is 2.31. The molecule has 0 fully saturated rings. The molecule has 0 spiro atoms. The fourth-order valence-corrected chi connectivity index (χ4v) is 4.43. The molecule has 2 N–H and O–H groups in total. The second kappa shape index (κ2) is 10.7. The number of alkyl carbamates (subject to hydrolysis) is 1. The van der Waals surface area contributed by atoms with E-state index < -0.39 is 30.6 Å². The van der Waals surface area contributed by atoms with E-state index in [1.54, 1.807) is 30.3 Å². The number of rotatable bonds is 9. The van der Waals surface area contributed by atoms with E-state index in [-0.39, 0.29) is 19.1 Å². The molecule has 0 saturated heterocycles. The number of nitrogens with one attached hydrogen (secondary N) is 1. The lowest BCUT2D eigenvalue weighted by molar-refractivity contribution is -0.144. The number of nitrogens with zero attached hydrogens (tertiary/aromatic N) is 1. The zero-order valence-corrected chi connectivity index (χ0v) is 19.1. The highest BCUT2D eigenvalue weighted by molar-refractivity contribution is 5.89. The quantitative estimate of drug-likeness (QED) is 0.453. The summed E-state index contributed by atoms with van der Waals surface area (Å²) in [6.45, 7) is 3.21. The third-order valence-corrected chi connectivity index (χ3v) is 5.97. The van der Waals surface area contributed by atoms with Crippen molar-refractivity contribution in [2.75, 3.05) is 19.7 Å². The molecule has 0 bridgehead atoms. The Hall–Kier alpha value is -4.39. The second-order valence-electron chi connectivity index (χ2n) is 8.21. The fourth-order valence-electron chi connectivity index (χ4n) is 4.43. The van der Waals surface area contributed by atoms with Crippen LogP contribution in [0.5, 0.6) is 0 Å². The molecular formula is C28H26N2O5. The standard InChI is InChI=1S/C28H26N2O5/c1-2-16-30(17-25(31)32)27(33)26(19-10-4-3-5-11-19)29-28(34)35-18-24-22-14-8-6-12-20(22)21-13-7-9-15-23(21)24/h2-15,24,26H,1,16-18H2,(H,29,34)(H,31,32)/t26-/m0/s1. The van der Waals surface area contributed by atoms with Crippen LogP contribution in [0.25, 0.3) is 11.1 Å². The first-order valence-electron chi connectivity index (χ1n) is 11.3. The van der Waals surface area contributed by atoms with Gasteiger partial charge >= 0.3 is 12.1 Å². The lowest BCUT2D eigenvalue weighted by atomic mass is 9.98. The summed E-state index contributed by atoms with van der Waals surface area (Å²) >= 11 is 0. The van der Waals surface area contributed by atoms with Crippen molar-refractivity contribution in [3.8, 4) is 11.1 Å². The molecule has 0 heterocycles. The lowest BCUT2D eigenvalue weighted by Gasteiger charge is -2.26. The van der Waals surface area contributed by atoms with Gasteiger partial charge in [-0.2, -0.15) is 0 Å². The summed E-state index contributed by atoms with van der Waals surface area (Å²) in [5.41, 5.74) is 4.91. The first kappa shape index (κ1) is 23.8. The fraction of sp³-hybridized carbons (Fsp3) is 0.179. The molecule has 3 aromatic rings. The minimum Gasteiger partial charge on any atom is -0.480 e. The topological polar surface area (TPSA) is 95.9 Å². The minimum absolute atomic E-state index is 0.0286. The average molecular weight is 471 g/mol. The summed E-state index contributed by atoms with van der Waals surface area (Å²) in [7, 11) is 0. The molecule has 0 aromatic heterocycles. The van der Waals surface area contributed by atoms with E-state index in [4.69, 9.17) is 4.74 Å². The van der Waals surface area contributed by atoms with Crippen molar-refractivity contribution in [1.82, 2.24) is 10.2 Å². The second-order valence-corrected chi connectivity index (χ2v) is 8.21. The molecule has 3 aromatic carbocycles. The number of ether oxygens (including phenoxy) is 1. The van der Waals surface area contributed by atoms with Crippen LogP contribution in [0.4, 0.5) is 4.79 Å². The number of carboxylic acids is 1. The van der Waals surface area contributed by atoms with Gasteiger partial charge in [-0.25, -0.2) is 4.79 Å². The molecule has 1 aliphatic rings. The van der Waals surface area contributed by atoms with Crippen molar-refractivity contribution < 1.29 is 24.2 Å². The predicted octanol–water partition coefficient (Wildman–Crippen LogP) is 4.37. The van der Waals surface area contributed by atoms with Crippen LogP contribution in [-0.4, -0.2) is 47.7 Å². The van der Waals surface area contributed by atoms with Gasteiger partial charge in [-0.1, -0.05) is 84.9 Å². The largest absolute Gasteiger partial charge is 0.480 e. The van der Waals surface area contributed by atoms with Crippen LogP contribution in [0.1, 0.15) is 28.7 Å². The van der Waals surface area contributed by atoms with Crippen molar-refractivity contribution in [2.24, 2.45) is 0 Å². The number of aliphatic carboxylic acids is 1. The summed E-state index contributed by atoms with van der Waals surface area (Å²) in [6, 6.07) is 23.6. The molecule has 0 radical (unpaired) electrons. The SMILES string of the molecule is C=CCN(CC(=O)O)C(=O)[C@@H](NC(=O)OCC1c2ccccc2-c2ccccc21)c1ccccc1. The van der Waals surface area contributed by atoms with Gasteiger partial charge in [-0.15, -0.1) is 6.58 Å². The van der Waals surface area contributed by atoms with Crippen molar-refractivity contribution in [3.05, 3.63) is 108 Å². The van der Waals surface area contributed by atoms with E-state index in [0.717, 1.165) is 27.2 Å². The Bertz CT molecular complexity index is 1200. The number of carbonyl (C=O) groups is 3. The van der Waals surface area contributed by atoms with Gasteiger partial charge in [0.25, 0.3) is 5.91 Å². The van der Waals surface area contributed by atoms with Gasteiger partial charge in [-0.05, 0) is 27.8 Å². The van der Waals surface area contributed by atoms with E-state index in [1.165, 1.54) is 6.08 Å². The number of hydrogen-bond donors (Lipinski definition) is 2. The van der Waals surface area contributed by atoms with Crippen LogP contribution in [0.15, 0.2) is 91.5 Å². The predicted molar refractivity (Wildman–Crippen MR) is 132 cm³/mol. The van der Waals surface area contributed by atoms with Crippen LogP contribution in [-0.2, 0) is 14.3 Å². The van der Waals surface area contributed by atoms with Crippen LogP contribution in [0.3, 0.4) is 0 Å².